The number of hydrogen-bond donors (Lipinski definition) is 2. The van der Waals surface area contributed by atoms with Crippen LogP contribution in [0.15, 0.2) is 0 Å². The zero-order valence-corrected chi connectivity index (χ0v) is 19.2. The van der Waals surface area contributed by atoms with Crippen LogP contribution in [0.25, 0.3) is 0 Å². The maximum atomic E-state index is 13.3. The fraction of sp³-hybridized carbons (Fsp3) is 0.800. The number of ketones is 1. The number of Topliss-reactive ketones (excluding diaryl/α,β-unsaturated/α-hetero) is 1. The second-order valence-electron chi connectivity index (χ2n) is 10.1. The monoisotopic (exact) mass is 416 g/mol. The molecule has 0 fully saturated rings. The minimum atomic E-state index is -2.60. The molecule has 0 saturated carbocycles. The van der Waals surface area contributed by atoms with Crippen molar-refractivity contribution in [2.24, 2.45) is 11.7 Å². The third kappa shape index (κ3) is 7.30. The van der Waals surface area contributed by atoms with Crippen LogP contribution in [0.4, 0.5) is 9.59 Å². The number of carbonyl (C=O) groups is 4. The normalized spacial score (nSPS) is 14.8. The summed E-state index contributed by atoms with van der Waals surface area (Å²) in [6.07, 6.45) is -2.96. The number of rotatable bonds is 6. The zero-order valence-electron chi connectivity index (χ0n) is 19.2. The predicted molar refractivity (Wildman–Crippen MR) is 107 cm³/mol. The summed E-state index contributed by atoms with van der Waals surface area (Å²) < 4.78 is 10.5. The van der Waals surface area contributed by atoms with Crippen LogP contribution in [0.5, 0.6) is 0 Å². The predicted octanol–water partition coefficient (Wildman–Crippen LogP) is 3.33. The highest BCUT2D eigenvalue weighted by Crippen LogP contribution is 2.33. The molecule has 0 saturated heterocycles. The molecule has 0 aromatic heterocycles. The number of amides is 2. The maximum Gasteiger partial charge on any atom is 0.421 e. The first-order valence-corrected chi connectivity index (χ1v) is 9.48. The van der Waals surface area contributed by atoms with Crippen LogP contribution < -0.4 is 5.73 Å². The first-order valence-electron chi connectivity index (χ1n) is 9.48. The van der Waals surface area contributed by atoms with Crippen molar-refractivity contribution in [1.82, 2.24) is 4.90 Å². The van der Waals surface area contributed by atoms with Gasteiger partial charge >= 0.3 is 18.2 Å². The largest absolute Gasteiger partial charge is 0.479 e. The van der Waals surface area contributed by atoms with Crippen LogP contribution in [0.1, 0.15) is 75.7 Å². The molecular formula is C20H36N2O7. The first kappa shape index (κ1) is 26.8. The lowest BCUT2D eigenvalue weighted by molar-refractivity contribution is -0.160. The van der Waals surface area contributed by atoms with Crippen LogP contribution in [-0.4, -0.2) is 56.2 Å². The lowest BCUT2D eigenvalue weighted by Crippen LogP contribution is -2.70. The van der Waals surface area contributed by atoms with E-state index in [4.69, 9.17) is 15.2 Å². The van der Waals surface area contributed by atoms with Crippen molar-refractivity contribution in [2.45, 2.75) is 97.9 Å². The number of hydrogen-bond acceptors (Lipinski definition) is 7. The average molecular weight is 417 g/mol. The van der Waals surface area contributed by atoms with E-state index < -0.39 is 46.2 Å². The summed E-state index contributed by atoms with van der Waals surface area (Å²) >= 11 is 0. The number of carboxylic acid groups (broad SMARTS) is 1. The minimum absolute atomic E-state index is 0.267. The molecule has 0 heterocycles. The number of aliphatic carboxylic acids is 1. The van der Waals surface area contributed by atoms with E-state index in [0.717, 1.165) is 0 Å². The molecule has 2 amide bonds. The summed E-state index contributed by atoms with van der Waals surface area (Å²) in [5.41, 5.74) is -0.440. The molecule has 0 rings (SSSR count). The van der Waals surface area contributed by atoms with Gasteiger partial charge in [-0.3, -0.25) is 4.79 Å². The van der Waals surface area contributed by atoms with Gasteiger partial charge in [-0.1, -0.05) is 13.8 Å². The molecule has 1 atom stereocenters. The lowest BCUT2D eigenvalue weighted by Gasteiger charge is -2.42. The Morgan fingerprint density at radius 3 is 1.41 bits per heavy atom. The second-order valence-corrected chi connectivity index (χ2v) is 10.1. The smallest absolute Gasteiger partial charge is 0.421 e. The molecule has 9 heteroatoms. The van der Waals surface area contributed by atoms with Crippen LogP contribution in [0, 0.1) is 5.92 Å². The molecule has 0 aromatic rings. The first-order chi connectivity index (χ1) is 12.6. The van der Waals surface area contributed by atoms with Crippen LogP contribution in [0.3, 0.4) is 0 Å². The van der Waals surface area contributed by atoms with E-state index in [-0.39, 0.29) is 17.2 Å². The van der Waals surface area contributed by atoms with E-state index in [2.05, 4.69) is 0 Å². The maximum absolute atomic E-state index is 13.3. The standard InChI is InChI=1S/C20H36N2O7/c1-12(2)11-20(14(24)25,13(23)19(9,10)21)22(15(26)28-17(3,4)5)16(27)29-18(6,7)8/h12H,11,21H2,1-10H3,(H,24,25). The van der Waals surface area contributed by atoms with E-state index in [9.17, 15) is 24.3 Å². The van der Waals surface area contributed by atoms with Crippen molar-refractivity contribution in [2.75, 3.05) is 0 Å². The molecule has 0 bridgehead atoms. The molecule has 1 unspecified atom stereocenters. The highest BCUT2D eigenvalue weighted by atomic mass is 16.6. The Morgan fingerprint density at radius 1 is 0.862 bits per heavy atom. The van der Waals surface area contributed by atoms with Crippen LogP contribution in [0.2, 0.25) is 0 Å². The summed E-state index contributed by atoms with van der Waals surface area (Å²) in [6, 6.07) is 0. The van der Waals surface area contributed by atoms with Crippen molar-refractivity contribution >= 4 is 23.9 Å². The van der Waals surface area contributed by atoms with E-state index in [1.807, 2.05) is 0 Å². The number of carboxylic acids is 1. The Hall–Kier alpha value is -2.16. The summed E-state index contributed by atoms with van der Waals surface area (Å²) in [5, 5.41) is 10.1. The van der Waals surface area contributed by atoms with Gasteiger partial charge in [0.15, 0.2) is 5.78 Å². The van der Waals surface area contributed by atoms with Crippen molar-refractivity contribution in [3.8, 4) is 0 Å². The fourth-order valence-electron chi connectivity index (χ4n) is 2.69. The number of nitrogens with zero attached hydrogens (tertiary/aromatic N) is 1. The van der Waals surface area contributed by atoms with Gasteiger partial charge in [0, 0.05) is 0 Å². The highest BCUT2D eigenvalue weighted by molar-refractivity contribution is 6.16. The Labute approximate surface area is 172 Å². The molecule has 0 aromatic carbocycles. The van der Waals surface area contributed by atoms with Gasteiger partial charge in [-0.25, -0.2) is 14.4 Å². The Bertz CT molecular complexity index is 623. The van der Waals surface area contributed by atoms with Crippen LogP contribution >= 0.6 is 0 Å². The number of carbonyl (C=O) groups excluding carboxylic acids is 3. The van der Waals surface area contributed by atoms with Gasteiger partial charge < -0.3 is 20.3 Å². The minimum Gasteiger partial charge on any atom is -0.479 e. The Morgan fingerprint density at radius 2 is 1.21 bits per heavy atom. The SMILES string of the molecule is CC(C)CC(C(=O)O)(C(=O)C(C)(C)N)N(C(=O)OC(C)(C)C)C(=O)OC(C)(C)C. The van der Waals surface area contributed by atoms with Gasteiger partial charge in [-0.2, -0.15) is 4.90 Å². The highest BCUT2D eigenvalue weighted by Gasteiger charge is 2.60. The van der Waals surface area contributed by atoms with E-state index >= 15 is 0 Å². The summed E-state index contributed by atoms with van der Waals surface area (Å²) in [5.74, 6) is -3.08. The molecule has 0 aliphatic rings. The fourth-order valence-corrected chi connectivity index (χ4v) is 2.69. The van der Waals surface area contributed by atoms with E-state index in [1.54, 1.807) is 55.4 Å². The van der Waals surface area contributed by atoms with Crippen molar-refractivity contribution in [3.63, 3.8) is 0 Å². The zero-order chi connectivity index (χ0) is 23.6. The molecular weight excluding hydrogens is 380 g/mol. The molecule has 29 heavy (non-hydrogen) atoms. The molecule has 0 spiro atoms. The van der Waals surface area contributed by atoms with Crippen molar-refractivity contribution < 1.29 is 33.8 Å². The lowest BCUT2D eigenvalue weighted by atomic mass is 9.76. The summed E-state index contributed by atoms with van der Waals surface area (Å²) in [4.78, 5) is 52.0. The van der Waals surface area contributed by atoms with Crippen molar-refractivity contribution in [1.29, 1.82) is 0 Å². The molecule has 0 aliphatic carbocycles. The summed E-state index contributed by atoms with van der Waals surface area (Å²) in [7, 11) is 0. The second kappa shape index (κ2) is 8.69. The van der Waals surface area contributed by atoms with Gasteiger partial charge in [0.2, 0.25) is 5.54 Å². The Balaban J connectivity index is 6.91. The van der Waals surface area contributed by atoms with Crippen molar-refractivity contribution in [3.05, 3.63) is 0 Å². The van der Waals surface area contributed by atoms with Gasteiger partial charge in [0.1, 0.15) is 11.2 Å². The average Bonchev–Trinajstić information content (AvgIpc) is 2.39. The van der Waals surface area contributed by atoms with Gasteiger partial charge in [0.25, 0.3) is 0 Å². The van der Waals surface area contributed by atoms with Crippen LogP contribution in [-0.2, 0) is 19.1 Å². The third-order valence-corrected chi connectivity index (χ3v) is 3.55. The quantitative estimate of drug-likeness (QED) is 0.629. The molecule has 0 radical (unpaired) electrons. The number of imide groups is 1. The molecule has 9 nitrogen and oxygen atoms in total. The van der Waals surface area contributed by atoms with E-state index in [1.165, 1.54) is 13.8 Å². The van der Waals surface area contributed by atoms with E-state index in [0.29, 0.717) is 0 Å². The molecule has 3 N–H and O–H groups in total. The van der Waals surface area contributed by atoms with Gasteiger partial charge in [0.05, 0.1) is 5.54 Å². The van der Waals surface area contributed by atoms with Gasteiger partial charge in [-0.15, -0.1) is 0 Å². The topological polar surface area (TPSA) is 136 Å². The Kier molecular flexibility index (Phi) is 8.04. The molecule has 0 aliphatic heterocycles. The molecule has 168 valence electrons. The third-order valence-electron chi connectivity index (χ3n) is 3.55. The number of ether oxygens (including phenoxy) is 2. The van der Waals surface area contributed by atoms with Gasteiger partial charge in [-0.05, 0) is 67.7 Å². The summed E-state index contributed by atoms with van der Waals surface area (Å²) in [6.45, 7) is 15.3. The number of nitrogens with two attached hydrogens (primary N) is 1.